The molecule has 2 N–H and O–H groups in total. The van der Waals surface area contributed by atoms with Crippen LogP contribution in [0.1, 0.15) is 37.9 Å². The minimum absolute atomic E-state index is 0.0411. The minimum Gasteiger partial charge on any atom is -0.508 e. The highest BCUT2D eigenvalue weighted by Gasteiger charge is 2.36. The molecule has 10 nitrogen and oxygen atoms in total. The van der Waals surface area contributed by atoms with Crippen LogP contribution in [-0.2, 0) is 16.1 Å². The lowest BCUT2D eigenvalue weighted by molar-refractivity contribution is -0.128. The molecule has 1 heterocycles. The number of phenolic OH excluding ortho intramolecular Hbond substituents is 1. The number of aromatic nitrogens is 4. The summed E-state index contributed by atoms with van der Waals surface area (Å²) in [6.45, 7) is 7.29. The number of aryl methyl sites for hydroxylation is 1. The van der Waals surface area contributed by atoms with E-state index in [0.717, 1.165) is 11.1 Å². The number of para-hydroxylation sites is 2. The summed E-state index contributed by atoms with van der Waals surface area (Å²) in [5.41, 5.74) is 2.19. The Balaban J connectivity index is 1.77. The molecule has 2 amide bonds. The number of anilines is 1. The van der Waals surface area contributed by atoms with Gasteiger partial charge in [-0.15, -0.1) is 10.2 Å². The summed E-state index contributed by atoms with van der Waals surface area (Å²) in [7, 11) is 1.50. The van der Waals surface area contributed by atoms with Crippen molar-refractivity contribution in [2.75, 3.05) is 12.0 Å². The van der Waals surface area contributed by atoms with Crippen LogP contribution in [0.25, 0.3) is 11.4 Å². The summed E-state index contributed by atoms with van der Waals surface area (Å²) in [5, 5.41) is 25.5. The number of methoxy groups -OCH3 is 1. The first-order chi connectivity index (χ1) is 18.6. The van der Waals surface area contributed by atoms with Crippen LogP contribution >= 0.6 is 0 Å². The highest BCUT2D eigenvalue weighted by atomic mass is 16.5. The van der Waals surface area contributed by atoms with Crippen molar-refractivity contribution >= 4 is 17.5 Å². The van der Waals surface area contributed by atoms with Gasteiger partial charge in [0, 0.05) is 11.1 Å². The number of ether oxygens (including phenoxy) is 1. The van der Waals surface area contributed by atoms with Gasteiger partial charge in [0.15, 0.2) is 0 Å². The molecule has 0 radical (unpaired) electrons. The molecule has 0 spiro atoms. The number of amides is 2. The molecule has 1 aromatic heterocycles. The first kappa shape index (κ1) is 27.3. The van der Waals surface area contributed by atoms with Crippen LogP contribution in [-0.4, -0.2) is 49.8 Å². The van der Waals surface area contributed by atoms with Gasteiger partial charge in [0.05, 0.1) is 12.8 Å². The van der Waals surface area contributed by atoms with Gasteiger partial charge in [-0.05, 0) is 62.7 Å². The smallest absolute Gasteiger partial charge is 0.251 e. The molecule has 0 saturated heterocycles. The van der Waals surface area contributed by atoms with Crippen molar-refractivity contribution in [1.29, 1.82) is 0 Å². The second kappa shape index (κ2) is 11.3. The van der Waals surface area contributed by atoms with Gasteiger partial charge in [0.25, 0.3) is 5.91 Å². The summed E-state index contributed by atoms with van der Waals surface area (Å²) in [6, 6.07) is 19.7. The van der Waals surface area contributed by atoms with Crippen LogP contribution in [0.5, 0.6) is 11.5 Å². The van der Waals surface area contributed by atoms with E-state index >= 15 is 0 Å². The molecule has 1 unspecified atom stereocenters. The van der Waals surface area contributed by atoms with Crippen LogP contribution in [0.4, 0.5) is 5.69 Å². The lowest BCUT2D eigenvalue weighted by atomic mass is 10.0. The third-order valence-corrected chi connectivity index (χ3v) is 5.87. The normalized spacial score (nSPS) is 12.0. The summed E-state index contributed by atoms with van der Waals surface area (Å²) in [4.78, 5) is 30.4. The molecular formula is C29H32N6O4. The SMILES string of the molecule is COc1ccccc1N(C(=O)Cn1nnc(-c2ccc(C)cc2)n1)C(C(=O)NC(C)(C)C)c1ccc(O)cc1. The molecule has 10 heteroatoms. The number of rotatable bonds is 8. The lowest BCUT2D eigenvalue weighted by Gasteiger charge is -2.34. The number of aromatic hydroxyl groups is 1. The summed E-state index contributed by atoms with van der Waals surface area (Å²) >= 11 is 0. The molecular weight excluding hydrogens is 496 g/mol. The topological polar surface area (TPSA) is 122 Å². The van der Waals surface area contributed by atoms with Gasteiger partial charge >= 0.3 is 0 Å². The van der Waals surface area contributed by atoms with Crippen LogP contribution in [0.15, 0.2) is 72.8 Å². The van der Waals surface area contributed by atoms with Crippen molar-refractivity contribution in [1.82, 2.24) is 25.5 Å². The molecule has 0 saturated carbocycles. The quantitative estimate of drug-likeness (QED) is 0.354. The largest absolute Gasteiger partial charge is 0.508 e. The first-order valence-electron chi connectivity index (χ1n) is 12.5. The van der Waals surface area contributed by atoms with Gasteiger partial charge in [0.1, 0.15) is 24.1 Å². The molecule has 202 valence electrons. The predicted molar refractivity (Wildman–Crippen MR) is 147 cm³/mol. The van der Waals surface area contributed by atoms with E-state index in [-0.39, 0.29) is 12.3 Å². The van der Waals surface area contributed by atoms with Gasteiger partial charge in [-0.25, -0.2) is 0 Å². The molecule has 0 aliphatic rings. The maximum atomic E-state index is 14.0. The molecule has 1 atom stereocenters. The second-order valence-electron chi connectivity index (χ2n) is 10.2. The molecule has 0 aliphatic heterocycles. The highest BCUT2D eigenvalue weighted by Crippen LogP contribution is 2.36. The highest BCUT2D eigenvalue weighted by molar-refractivity contribution is 6.02. The number of benzene rings is 3. The van der Waals surface area contributed by atoms with Crippen molar-refractivity contribution in [2.45, 2.75) is 45.8 Å². The fraction of sp³-hybridized carbons (Fsp3) is 0.276. The van der Waals surface area contributed by atoms with E-state index in [1.54, 1.807) is 36.4 Å². The predicted octanol–water partition coefficient (Wildman–Crippen LogP) is 4.05. The monoisotopic (exact) mass is 528 g/mol. The van der Waals surface area contributed by atoms with Gasteiger partial charge < -0.3 is 15.2 Å². The number of phenols is 1. The van der Waals surface area contributed by atoms with E-state index in [9.17, 15) is 14.7 Å². The van der Waals surface area contributed by atoms with Gasteiger partial charge in [-0.1, -0.05) is 54.1 Å². The Morgan fingerprint density at radius 3 is 2.33 bits per heavy atom. The maximum absolute atomic E-state index is 14.0. The van der Waals surface area contributed by atoms with E-state index in [4.69, 9.17) is 4.74 Å². The molecule has 39 heavy (non-hydrogen) atoms. The van der Waals surface area contributed by atoms with Crippen molar-refractivity contribution in [2.24, 2.45) is 0 Å². The minimum atomic E-state index is -1.09. The van der Waals surface area contributed by atoms with E-state index in [1.807, 2.05) is 52.0 Å². The molecule has 4 aromatic rings. The molecule has 0 aliphatic carbocycles. The van der Waals surface area contributed by atoms with Gasteiger partial charge in [0.2, 0.25) is 11.7 Å². The Hall–Kier alpha value is -4.73. The maximum Gasteiger partial charge on any atom is 0.251 e. The Morgan fingerprint density at radius 2 is 1.69 bits per heavy atom. The summed E-state index contributed by atoms with van der Waals surface area (Å²) in [6.07, 6.45) is 0. The fourth-order valence-corrected chi connectivity index (χ4v) is 4.08. The first-order valence-corrected chi connectivity index (χ1v) is 12.5. The van der Waals surface area contributed by atoms with Crippen molar-refractivity contribution in [3.05, 3.63) is 83.9 Å². The number of carbonyl (C=O) groups is 2. The van der Waals surface area contributed by atoms with E-state index < -0.39 is 23.4 Å². The zero-order valence-electron chi connectivity index (χ0n) is 22.6. The number of carbonyl (C=O) groups excluding carboxylic acids is 2. The lowest BCUT2D eigenvalue weighted by Crippen LogP contribution is -2.50. The van der Waals surface area contributed by atoms with Crippen molar-refractivity contribution in [3.8, 4) is 22.9 Å². The Bertz CT molecular complexity index is 1440. The zero-order chi connectivity index (χ0) is 28.2. The van der Waals surface area contributed by atoms with Crippen LogP contribution in [0.3, 0.4) is 0 Å². The standard InChI is InChI=1S/C29H32N6O4/c1-19-10-12-21(13-11-19)27-31-33-34(32-27)18-25(37)35(23-8-6-7-9-24(23)39-5)26(28(38)30-29(2,3)4)20-14-16-22(36)17-15-20/h6-17,26,36H,18H2,1-5H3,(H,30,38). The number of nitrogens with zero attached hydrogens (tertiary/aromatic N) is 5. The van der Waals surface area contributed by atoms with Crippen molar-refractivity contribution in [3.63, 3.8) is 0 Å². The molecule has 3 aromatic carbocycles. The number of hydrogen-bond acceptors (Lipinski definition) is 7. The number of nitrogens with one attached hydrogen (secondary N) is 1. The van der Waals surface area contributed by atoms with Crippen LogP contribution in [0.2, 0.25) is 0 Å². The fourth-order valence-electron chi connectivity index (χ4n) is 4.08. The molecule has 0 fully saturated rings. The van der Waals surface area contributed by atoms with E-state index in [2.05, 4.69) is 20.7 Å². The van der Waals surface area contributed by atoms with Crippen LogP contribution < -0.4 is 15.0 Å². The average Bonchev–Trinajstić information content (AvgIpc) is 3.35. The second-order valence-corrected chi connectivity index (χ2v) is 10.2. The third-order valence-electron chi connectivity index (χ3n) is 5.87. The third kappa shape index (κ3) is 6.59. The summed E-state index contributed by atoms with van der Waals surface area (Å²) in [5.74, 6) is -0.0366. The van der Waals surface area contributed by atoms with Crippen LogP contribution in [0, 0.1) is 6.92 Å². The Morgan fingerprint density at radius 1 is 1.03 bits per heavy atom. The van der Waals surface area contributed by atoms with Gasteiger partial charge in [-0.2, -0.15) is 4.80 Å². The molecule has 4 rings (SSSR count). The van der Waals surface area contributed by atoms with Gasteiger partial charge in [-0.3, -0.25) is 14.5 Å². The molecule has 0 bridgehead atoms. The Labute approximate surface area is 227 Å². The van der Waals surface area contributed by atoms with E-state index in [1.165, 1.54) is 28.9 Å². The zero-order valence-corrected chi connectivity index (χ0v) is 22.6. The Kier molecular flexibility index (Phi) is 7.94. The van der Waals surface area contributed by atoms with Crippen molar-refractivity contribution < 1.29 is 19.4 Å². The summed E-state index contributed by atoms with van der Waals surface area (Å²) < 4.78 is 5.57. The van der Waals surface area contributed by atoms with E-state index in [0.29, 0.717) is 22.8 Å². The number of tetrazole rings is 1. The average molecular weight is 529 g/mol. The number of hydrogen-bond donors (Lipinski definition) is 2.